The van der Waals surface area contributed by atoms with E-state index in [2.05, 4.69) is 39.2 Å². The Morgan fingerprint density at radius 1 is 1.00 bits per heavy atom. The smallest absolute Gasteiger partial charge is 0.251 e. The van der Waals surface area contributed by atoms with E-state index in [0.29, 0.717) is 11.3 Å². The van der Waals surface area contributed by atoms with Crippen LogP contribution in [-0.2, 0) is 5.41 Å². The first-order valence-corrected chi connectivity index (χ1v) is 10.3. The maximum absolute atomic E-state index is 14.3. The summed E-state index contributed by atoms with van der Waals surface area (Å²) in [5.74, 6) is -0.850. The molecule has 2 aromatic carbocycles. The van der Waals surface area contributed by atoms with Gasteiger partial charge in [-0.1, -0.05) is 18.2 Å². The maximum Gasteiger partial charge on any atom is 0.251 e. The van der Waals surface area contributed by atoms with Crippen LogP contribution in [0.2, 0.25) is 0 Å². The molecule has 1 aliphatic carbocycles. The molecular weight excluding hydrogens is 405 g/mol. The Kier molecular flexibility index (Phi) is 3.89. The molecule has 0 radical (unpaired) electrons. The van der Waals surface area contributed by atoms with Gasteiger partial charge in [-0.25, -0.2) is 14.4 Å². The number of aromatic nitrogens is 4. The van der Waals surface area contributed by atoms with Crippen LogP contribution in [0.3, 0.4) is 0 Å². The van der Waals surface area contributed by atoms with Crippen molar-refractivity contribution in [3.8, 4) is 11.1 Å². The highest BCUT2D eigenvalue weighted by molar-refractivity contribution is 5.93. The molecule has 0 unspecified atom stereocenters. The zero-order valence-electron chi connectivity index (χ0n) is 17.0. The molecule has 0 aliphatic heterocycles. The Hall–Kier alpha value is -4.13. The normalized spacial score (nSPS) is 14.7. The second-order valence-electron chi connectivity index (χ2n) is 8.21. The molecule has 1 fully saturated rings. The second kappa shape index (κ2) is 6.68. The number of fused-ring (bicyclic) bond motifs is 2. The fourth-order valence-electron chi connectivity index (χ4n) is 4.46. The van der Waals surface area contributed by atoms with Gasteiger partial charge in [-0.05, 0) is 54.3 Å². The van der Waals surface area contributed by atoms with E-state index in [1.54, 1.807) is 18.5 Å². The lowest BCUT2D eigenvalue weighted by atomic mass is 9.91. The highest BCUT2D eigenvalue weighted by atomic mass is 19.1. The average Bonchev–Trinajstić information content (AvgIpc) is 3.50. The lowest BCUT2D eigenvalue weighted by molar-refractivity contribution is 0.0996. The van der Waals surface area contributed by atoms with E-state index in [9.17, 15) is 9.18 Å². The standard InChI is InChI=1S/C25H18FN5O/c26-20-11-15(3-5-19(20)23(27)32)17-12-29-24-30-13-22(31(24)14-17)25(7-8-25)18-4-6-21-16(10-18)2-1-9-28-21/h1-6,9-14H,7-8H2,(H2,27,32). The summed E-state index contributed by atoms with van der Waals surface area (Å²) in [5, 5.41) is 1.11. The summed E-state index contributed by atoms with van der Waals surface area (Å²) in [5.41, 5.74) is 9.54. The summed E-state index contributed by atoms with van der Waals surface area (Å²) >= 11 is 0. The van der Waals surface area contributed by atoms with Gasteiger partial charge in [-0.3, -0.25) is 14.2 Å². The number of carbonyl (C=O) groups is 1. The Balaban J connectivity index is 1.46. The largest absolute Gasteiger partial charge is 0.366 e. The molecule has 7 heteroatoms. The van der Waals surface area contributed by atoms with E-state index >= 15 is 0 Å². The number of nitrogens with zero attached hydrogens (tertiary/aromatic N) is 4. The first-order chi connectivity index (χ1) is 15.5. The minimum atomic E-state index is -0.791. The Bertz CT molecular complexity index is 1540. The van der Waals surface area contributed by atoms with Gasteiger partial charge in [0.25, 0.3) is 5.91 Å². The molecule has 156 valence electrons. The van der Waals surface area contributed by atoms with Gasteiger partial charge in [-0.2, -0.15) is 0 Å². The molecule has 1 aliphatic rings. The topological polar surface area (TPSA) is 86.2 Å². The third-order valence-electron chi connectivity index (χ3n) is 6.33. The number of primary amides is 1. The highest BCUT2D eigenvalue weighted by Gasteiger charge is 2.48. The van der Waals surface area contributed by atoms with Gasteiger partial charge < -0.3 is 5.73 Å². The predicted molar refractivity (Wildman–Crippen MR) is 119 cm³/mol. The SMILES string of the molecule is NC(=O)c1ccc(-c2cnc3ncc(C4(c5ccc6ncccc6c5)CC4)n3c2)cc1F. The van der Waals surface area contributed by atoms with Gasteiger partial charge in [0, 0.05) is 35.0 Å². The molecular formula is C25H18FN5O. The number of amides is 1. The van der Waals surface area contributed by atoms with Crippen molar-refractivity contribution in [1.29, 1.82) is 0 Å². The van der Waals surface area contributed by atoms with E-state index in [-0.39, 0.29) is 11.0 Å². The van der Waals surface area contributed by atoms with Gasteiger partial charge in [0.15, 0.2) is 0 Å². The van der Waals surface area contributed by atoms with Crippen molar-refractivity contribution >= 4 is 22.6 Å². The number of carbonyl (C=O) groups excluding carboxylic acids is 1. The van der Waals surface area contributed by atoms with Crippen LogP contribution in [0.1, 0.15) is 34.5 Å². The van der Waals surface area contributed by atoms with Crippen molar-refractivity contribution in [2.45, 2.75) is 18.3 Å². The third kappa shape index (κ3) is 2.78. The van der Waals surface area contributed by atoms with Crippen molar-refractivity contribution in [3.05, 3.63) is 96.0 Å². The Labute approximate surface area is 182 Å². The van der Waals surface area contributed by atoms with Gasteiger partial charge in [0.1, 0.15) is 5.82 Å². The van der Waals surface area contributed by atoms with Gasteiger partial charge in [0.2, 0.25) is 5.78 Å². The summed E-state index contributed by atoms with van der Waals surface area (Å²) in [6.07, 6.45) is 9.28. The van der Waals surface area contributed by atoms with Crippen LogP contribution in [0.15, 0.2) is 73.3 Å². The lowest BCUT2D eigenvalue weighted by Crippen LogP contribution is -2.13. The third-order valence-corrected chi connectivity index (χ3v) is 6.33. The van der Waals surface area contributed by atoms with E-state index in [1.165, 1.54) is 17.7 Å². The number of benzene rings is 2. The molecule has 1 amide bonds. The number of hydrogen-bond acceptors (Lipinski definition) is 4. The molecule has 0 atom stereocenters. The zero-order valence-corrected chi connectivity index (χ0v) is 17.0. The number of pyridine rings is 1. The maximum atomic E-state index is 14.3. The van der Waals surface area contributed by atoms with Crippen LogP contribution < -0.4 is 5.73 Å². The first-order valence-electron chi connectivity index (χ1n) is 10.3. The van der Waals surface area contributed by atoms with Crippen LogP contribution in [-0.4, -0.2) is 25.3 Å². The minimum Gasteiger partial charge on any atom is -0.366 e. The lowest BCUT2D eigenvalue weighted by Gasteiger charge is -2.16. The first kappa shape index (κ1) is 18.6. The quantitative estimate of drug-likeness (QED) is 0.468. The molecule has 0 spiro atoms. The highest BCUT2D eigenvalue weighted by Crippen LogP contribution is 2.53. The summed E-state index contributed by atoms with van der Waals surface area (Å²) in [6.45, 7) is 0. The number of nitrogens with two attached hydrogens (primary N) is 1. The van der Waals surface area contributed by atoms with Crippen LogP contribution in [0, 0.1) is 5.82 Å². The van der Waals surface area contributed by atoms with Gasteiger partial charge in [0.05, 0.1) is 23.0 Å². The molecule has 5 aromatic rings. The number of rotatable bonds is 4. The molecule has 3 heterocycles. The Morgan fingerprint density at radius 2 is 1.84 bits per heavy atom. The van der Waals surface area contributed by atoms with Crippen LogP contribution >= 0.6 is 0 Å². The minimum absolute atomic E-state index is 0.131. The van der Waals surface area contributed by atoms with Crippen LogP contribution in [0.25, 0.3) is 27.8 Å². The fourth-order valence-corrected chi connectivity index (χ4v) is 4.46. The van der Waals surface area contributed by atoms with Crippen LogP contribution in [0.4, 0.5) is 4.39 Å². The number of imidazole rings is 1. The van der Waals surface area contributed by atoms with Crippen molar-refractivity contribution in [2.24, 2.45) is 5.73 Å². The monoisotopic (exact) mass is 423 g/mol. The second-order valence-corrected chi connectivity index (χ2v) is 8.21. The van der Waals surface area contributed by atoms with Crippen molar-refractivity contribution in [1.82, 2.24) is 19.4 Å². The predicted octanol–water partition coefficient (Wildman–Crippen LogP) is 4.26. The molecule has 1 saturated carbocycles. The van der Waals surface area contributed by atoms with Crippen LogP contribution in [0.5, 0.6) is 0 Å². The van der Waals surface area contributed by atoms with E-state index in [0.717, 1.165) is 35.0 Å². The van der Waals surface area contributed by atoms with Gasteiger partial charge in [-0.15, -0.1) is 0 Å². The summed E-state index contributed by atoms with van der Waals surface area (Å²) in [7, 11) is 0. The molecule has 32 heavy (non-hydrogen) atoms. The average molecular weight is 423 g/mol. The van der Waals surface area contributed by atoms with Crippen molar-refractivity contribution in [3.63, 3.8) is 0 Å². The summed E-state index contributed by atoms with van der Waals surface area (Å²) in [4.78, 5) is 24.7. The van der Waals surface area contributed by atoms with Crippen molar-refractivity contribution < 1.29 is 9.18 Å². The van der Waals surface area contributed by atoms with E-state index in [1.807, 2.05) is 22.9 Å². The van der Waals surface area contributed by atoms with E-state index < -0.39 is 11.7 Å². The molecule has 2 N–H and O–H groups in total. The molecule has 0 bridgehead atoms. The zero-order chi connectivity index (χ0) is 21.9. The number of halogens is 1. The number of hydrogen-bond donors (Lipinski definition) is 1. The molecule has 0 saturated heterocycles. The molecule has 6 nitrogen and oxygen atoms in total. The van der Waals surface area contributed by atoms with E-state index in [4.69, 9.17) is 5.73 Å². The molecule has 3 aromatic heterocycles. The summed E-state index contributed by atoms with van der Waals surface area (Å²) in [6, 6.07) is 14.8. The molecule has 6 rings (SSSR count). The Morgan fingerprint density at radius 3 is 2.62 bits per heavy atom. The van der Waals surface area contributed by atoms with Gasteiger partial charge >= 0.3 is 0 Å². The van der Waals surface area contributed by atoms with Crippen molar-refractivity contribution in [2.75, 3.05) is 0 Å². The summed E-state index contributed by atoms with van der Waals surface area (Å²) < 4.78 is 16.3. The fraction of sp³-hybridized carbons (Fsp3) is 0.120.